The first kappa shape index (κ1) is 20.4. The summed E-state index contributed by atoms with van der Waals surface area (Å²) in [5, 5.41) is 20.5. The molecular formula is C15H24IN5O3. The number of furan rings is 1. The van der Waals surface area contributed by atoms with Crippen LogP contribution in [0.5, 0.6) is 0 Å². The quantitative estimate of drug-likeness (QED) is 0.351. The summed E-state index contributed by atoms with van der Waals surface area (Å²) < 4.78 is 10.4. The fourth-order valence-electron chi connectivity index (χ4n) is 1.96. The number of guanidine groups is 1. The number of aliphatic imine (C=N–C) groups is 1. The number of nitrogens with zero attached hydrogens (tertiary/aromatic N) is 3. The number of hydrogen-bond donors (Lipinski definition) is 3. The molecule has 0 saturated heterocycles. The number of hydrogen-bond acceptors (Lipinski definition) is 6. The Morgan fingerprint density at radius 2 is 2.08 bits per heavy atom. The van der Waals surface area contributed by atoms with E-state index in [-0.39, 0.29) is 37.1 Å². The van der Waals surface area contributed by atoms with Gasteiger partial charge in [0.15, 0.2) is 11.8 Å². The van der Waals surface area contributed by atoms with Crippen molar-refractivity contribution < 1.29 is 14.0 Å². The second-order valence-corrected chi connectivity index (χ2v) is 5.46. The fourth-order valence-corrected chi connectivity index (χ4v) is 1.96. The molecule has 0 radical (unpaired) electrons. The molecule has 1 unspecified atom stereocenters. The molecule has 134 valence electrons. The third-order valence-electron chi connectivity index (χ3n) is 3.16. The molecule has 0 saturated carbocycles. The van der Waals surface area contributed by atoms with Crippen LogP contribution < -0.4 is 10.6 Å². The van der Waals surface area contributed by atoms with Gasteiger partial charge >= 0.3 is 0 Å². The molecule has 1 atom stereocenters. The van der Waals surface area contributed by atoms with E-state index in [0.717, 1.165) is 5.76 Å². The highest BCUT2D eigenvalue weighted by Gasteiger charge is 2.27. The molecular weight excluding hydrogens is 425 g/mol. The molecule has 9 heteroatoms. The van der Waals surface area contributed by atoms with E-state index in [1.165, 1.54) is 0 Å². The van der Waals surface area contributed by atoms with Gasteiger partial charge in [-0.3, -0.25) is 0 Å². The van der Waals surface area contributed by atoms with Gasteiger partial charge in [-0.2, -0.15) is 4.98 Å². The highest BCUT2D eigenvalue weighted by molar-refractivity contribution is 14.0. The molecule has 0 bridgehead atoms. The molecule has 8 nitrogen and oxygen atoms in total. The molecule has 2 aromatic rings. The number of nitrogens with one attached hydrogen (secondary N) is 2. The zero-order valence-electron chi connectivity index (χ0n) is 14.3. The lowest BCUT2D eigenvalue weighted by molar-refractivity contribution is 0.0378. The standard InChI is InChI=1S/C15H23N5O3.HI/c1-5-16-14(17-8-13-19-11(3)23-20-13)18-9-15(4,21)12-7-6-10(2)22-12;/h6-7,21H,5,8-9H2,1-4H3,(H2,16,17,18);1H. The number of aliphatic hydroxyl groups is 1. The first-order valence-electron chi connectivity index (χ1n) is 7.51. The Hall–Kier alpha value is -1.62. The van der Waals surface area contributed by atoms with Crippen molar-refractivity contribution in [3.05, 3.63) is 35.4 Å². The number of rotatable bonds is 6. The third-order valence-corrected chi connectivity index (χ3v) is 3.16. The molecule has 0 aliphatic carbocycles. The van der Waals surface area contributed by atoms with Gasteiger partial charge in [0, 0.05) is 13.5 Å². The van der Waals surface area contributed by atoms with E-state index in [9.17, 15) is 5.11 Å². The Morgan fingerprint density at radius 3 is 2.62 bits per heavy atom. The molecule has 0 fully saturated rings. The summed E-state index contributed by atoms with van der Waals surface area (Å²) in [6.07, 6.45) is 0. The van der Waals surface area contributed by atoms with E-state index in [1.54, 1.807) is 19.9 Å². The van der Waals surface area contributed by atoms with Crippen molar-refractivity contribution >= 4 is 29.9 Å². The predicted octanol–water partition coefficient (Wildman–Crippen LogP) is 1.86. The van der Waals surface area contributed by atoms with Gasteiger partial charge in [0.1, 0.15) is 23.7 Å². The van der Waals surface area contributed by atoms with Crippen molar-refractivity contribution in [2.75, 3.05) is 13.1 Å². The van der Waals surface area contributed by atoms with E-state index in [4.69, 9.17) is 8.94 Å². The topological polar surface area (TPSA) is 109 Å². The fraction of sp³-hybridized carbons (Fsp3) is 0.533. The summed E-state index contributed by atoms with van der Waals surface area (Å²) in [5.74, 6) is 2.83. The maximum absolute atomic E-state index is 10.5. The van der Waals surface area contributed by atoms with Gasteiger partial charge in [0.2, 0.25) is 5.89 Å². The lowest BCUT2D eigenvalue weighted by atomic mass is 10.0. The zero-order chi connectivity index (χ0) is 16.9. The number of aryl methyl sites for hydroxylation is 2. The lowest BCUT2D eigenvalue weighted by Crippen LogP contribution is -2.44. The van der Waals surface area contributed by atoms with E-state index in [0.29, 0.717) is 30.0 Å². The molecule has 0 aliphatic rings. The summed E-state index contributed by atoms with van der Waals surface area (Å²) in [6, 6.07) is 3.59. The lowest BCUT2D eigenvalue weighted by Gasteiger charge is -2.22. The van der Waals surface area contributed by atoms with Crippen LogP contribution in [-0.4, -0.2) is 34.3 Å². The Bertz CT molecular complexity index is 666. The van der Waals surface area contributed by atoms with Gasteiger partial charge in [0.25, 0.3) is 0 Å². The van der Waals surface area contributed by atoms with Crippen LogP contribution in [0.1, 0.15) is 37.1 Å². The molecule has 0 amide bonds. The minimum atomic E-state index is -1.15. The summed E-state index contributed by atoms with van der Waals surface area (Å²) >= 11 is 0. The first-order chi connectivity index (χ1) is 10.9. The van der Waals surface area contributed by atoms with Crippen molar-refractivity contribution in [2.24, 2.45) is 4.99 Å². The molecule has 0 aromatic carbocycles. The van der Waals surface area contributed by atoms with Gasteiger partial charge in [-0.05, 0) is 32.9 Å². The van der Waals surface area contributed by atoms with Crippen LogP contribution >= 0.6 is 24.0 Å². The molecule has 24 heavy (non-hydrogen) atoms. The number of aromatic nitrogens is 2. The van der Waals surface area contributed by atoms with Gasteiger partial charge < -0.3 is 24.7 Å². The smallest absolute Gasteiger partial charge is 0.223 e. The minimum Gasteiger partial charge on any atom is -0.463 e. The molecule has 3 N–H and O–H groups in total. The second-order valence-electron chi connectivity index (χ2n) is 5.46. The monoisotopic (exact) mass is 449 g/mol. The van der Waals surface area contributed by atoms with Crippen LogP contribution in [0.2, 0.25) is 0 Å². The van der Waals surface area contributed by atoms with Crippen LogP contribution in [0.4, 0.5) is 0 Å². The van der Waals surface area contributed by atoms with Crippen LogP contribution in [0, 0.1) is 13.8 Å². The Labute approximate surface area is 158 Å². The van der Waals surface area contributed by atoms with Gasteiger partial charge in [0.05, 0.1) is 6.54 Å². The normalized spacial score (nSPS) is 14.0. The van der Waals surface area contributed by atoms with Crippen LogP contribution in [0.15, 0.2) is 26.1 Å². The maximum Gasteiger partial charge on any atom is 0.223 e. The average molecular weight is 449 g/mol. The van der Waals surface area contributed by atoms with Gasteiger partial charge in [-0.15, -0.1) is 24.0 Å². The Kier molecular flexibility index (Phi) is 7.67. The van der Waals surface area contributed by atoms with E-state index >= 15 is 0 Å². The average Bonchev–Trinajstić information content (AvgIpc) is 3.11. The predicted molar refractivity (Wildman–Crippen MR) is 100 cm³/mol. The van der Waals surface area contributed by atoms with Crippen molar-refractivity contribution in [3.63, 3.8) is 0 Å². The summed E-state index contributed by atoms with van der Waals surface area (Å²) in [5.41, 5.74) is -1.15. The molecule has 2 rings (SSSR count). The SMILES string of the molecule is CCNC(=NCc1noc(C)n1)NCC(C)(O)c1ccc(C)o1.I. The van der Waals surface area contributed by atoms with E-state index in [1.807, 2.05) is 19.9 Å². The largest absolute Gasteiger partial charge is 0.463 e. The summed E-state index contributed by atoms with van der Waals surface area (Å²) in [7, 11) is 0. The molecule has 0 aliphatic heterocycles. The van der Waals surface area contributed by atoms with Crippen molar-refractivity contribution in [1.82, 2.24) is 20.8 Å². The zero-order valence-corrected chi connectivity index (χ0v) is 16.6. The summed E-state index contributed by atoms with van der Waals surface area (Å²) in [4.78, 5) is 8.46. The Morgan fingerprint density at radius 1 is 1.33 bits per heavy atom. The highest BCUT2D eigenvalue weighted by atomic mass is 127. The molecule has 0 spiro atoms. The van der Waals surface area contributed by atoms with E-state index in [2.05, 4.69) is 25.8 Å². The number of halogens is 1. The third kappa shape index (κ3) is 5.78. The minimum absolute atomic E-state index is 0. The van der Waals surface area contributed by atoms with Gasteiger partial charge in [-0.25, -0.2) is 4.99 Å². The molecule has 2 aromatic heterocycles. The first-order valence-corrected chi connectivity index (χ1v) is 7.51. The summed E-state index contributed by atoms with van der Waals surface area (Å²) in [6.45, 7) is 8.44. The van der Waals surface area contributed by atoms with Crippen LogP contribution in [0.25, 0.3) is 0 Å². The van der Waals surface area contributed by atoms with Crippen molar-refractivity contribution in [2.45, 2.75) is 39.8 Å². The van der Waals surface area contributed by atoms with Crippen molar-refractivity contribution in [1.29, 1.82) is 0 Å². The molecule has 2 heterocycles. The van der Waals surface area contributed by atoms with E-state index < -0.39 is 5.60 Å². The highest BCUT2D eigenvalue weighted by Crippen LogP contribution is 2.21. The van der Waals surface area contributed by atoms with Crippen LogP contribution in [-0.2, 0) is 12.1 Å². The van der Waals surface area contributed by atoms with Crippen LogP contribution in [0.3, 0.4) is 0 Å². The maximum atomic E-state index is 10.5. The van der Waals surface area contributed by atoms with Crippen molar-refractivity contribution in [3.8, 4) is 0 Å². The Balaban J connectivity index is 0.00000288. The second kappa shape index (κ2) is 9.02. The van der Waals surface area contributed by atoms with Gasteiger partial charge in [-0.1, -0.05) is 5.16 Å².